The van der Waals surface area contributed by atoms with Crippen LogP contribution in [0.1, 0.15) is 29.3 Å². The van der Waals surface area contributed by atoms with Gasteiger partial charge in [-0.15, -0.1) is 0 Å². The molecule has 0 radical (unpaired) electrons. The van der Waals surface area contributed by atoms with E-state index >= 15 is 0 Å². The number of rotatable bonds is 11. The predicted octanol–water partition coefficient (Wildman–Crippen LogP) is 7.52. The Hall–Kier alpha value is -4.20. The first kappa shape index (κ1) is 31.7. The molecule has 3 aromatic carbocycles. The number of carbonyl (C=O) groups excluding carboxylic acids is 2. The zero-order valence-corrected chi connectivity index (χ0v) is 24.9. The van der Waals surface area contributed by atoms with Crippen LogP contribution >= 0.6 is 22.6 Å². The van der Waals surface area contributed by atoms with Crippen molar-refractivity contribution in [1.82, 2.24) is 10.3 Å². The largest absolute Gasteiger partial charge is 0.461 e. The van der Waals surface area contributed by atoms with Crippen molar-refractivity contribution in [2.24, 2.45) is 0 Å². The van der Waals surface area contributed by atoms with Crippen LogP contribution in [-0.4, -0.2) is 29.5 Å². The predicted molar refractivity (Wildman–Crippen MR) is 164 cm³/mol. The molecule has 3 amide bonds. The fraction of sp³-hybridized carbons (Fsp3) is 0.194. The Bertz CT molecular complexity index is 1540. The summed E-state index contributed by atoms with van der Waals surface area (Å²) >= 11 is 2.19. The molecule has 1 heterocycles. The minimum Gasteiger partial charge on any atom is -0.428 e. The molecule has 1 atom stereocenters. The topological polar surface area (TPSA) is 92.4 Å². The molecule has 1 aromatic heterocycles. The van der Waals surface area contributed by atoms with Crippen molar-refractivity contribution >= 4 is 45.9 Å². The van der Waals surface area contributed by atoms with Gasteiger partial charge in [-0.25, -0.2) is 4.79 Å². The number of urea groups is 1. The summed E-state index contributed by atoms with van der Waals surface area (Å²) < 4.78 is 58.7. The van der Waals surface area contributed by atoms with Gasteiger partial charge in [0.25, 0.3) is 0 Å². The zero-order valence-electron chi connectivity index (χ0n) is 22.8. The highest BCUT2D eigenvalue weighted by Gasteiger charge is 2.44. The van der Waals surface area contributed by atoms with Gasteiger partial charge in [-0.3, -0.25) is 9.78 Å². The van der Waals surface area contributed by atoms with Gasteiger partial charge in [0.15, 0.2) is 0 Å². The molecule has 224 valence electrons. The van der Waals surface area contributed by atoms with Gasteiger partial charge in [0, 0.05) is 35.3 Å². The molecule has 0 aliphatic heterocycles. The van der Waals surface area contributed by atoms with E-state index in [1.54, 1.807) is 42.6 Å². The number of hydrogen-bond donors (Lipinski definition) is 3. The van der Waals surface area contributed by atoms with Crippen LogP contribution in [0.5, 0.6) is 5.75 Å². The number of carbonyl (C=O) groups is 2. The van der Waals surface area contributed by atoms with Crippen molar-refractivity contribution in [2.75, 3.05) is 10.6 Å². The van der Waals surface area contributed by atoms with Gasteiger partial charge in [-0.05, 0) is 59.2 Å². The number of ether oxygens (including phenoxy) is 1. The van der Waals surface area contributed by atoms with Crippen molar-refractivity contribution < 1.29 is 31.9 Å². The van der Waals surface area contributed by atoms with Crippen molar-refractivity contribution in [3.8, 4) is 5.75 Å². The number of alkyl halides is 5. The lowest BCUT2D eigenvalue weighted by atomic mass is 9.80. The standard InChI is InChI=1S/C31H27F4IN4O3/c1-20(41)38-24-11-13-25(14-12-24)39-29(42)40-30(17-21-6-3-2-4-7-21,27-15-10-22(18-36)19-37-27)23-8-5-9-26(16-23)43-31(34,35)28(32)33/h2-16,19,28H,17-18H2,1H3,(H,38,41)(H2,39,40,42)/t30-/m0/s1. The Morgan fingerprint density at radius 1 is 0.884 bits per heavy atom. The number of benzene rings is 3. The summed E-state index contributed by atoms with van der Waals surface area (Å²) in [6.45, 7) is 1.38. The minimum atomic E-state index is -4.73. The second-order valence-corrected chi connectivity index (χ2v) is 10.3. The maximum atomic E-state index is 13.9. The van der Waals surface area contributed by atoms with Crippen LogP contribution < -0.4 is 20.7 Å². The van der Waals surface area contributed by atoms with E-state index in [1.807, 2.05) is 36.4 Å². The SMILES string of the molecule is CC(=O)Nc1ccc(NC(=O)N[C@@](Cc2ccccc2)(c2cccc(OC(F)(F)C(F)F)c2)c2ccc(CI)cn2)cc1. The van der Waals surface area contributed by atoms with E-state index < -0.39 is 29.9 Å². The second kappa shape index (κ2) is 13.8. The number of pyridine rings is 1. The van der Waals surface area contributed by atoms with Crippen LogP contribution in [0.4, 0.5) is 33.7 Å². The lowest BCUT2D eigenvalue weighted by molar-refractivity contribution is -0.253. The summed E-state index contributed by atoms with van der Waals surface area (Å²) in [4.78, 5) is 29.6. The van der Waals surface area contributed by atoms with E-state index in [1.165, 1.54) is 19.1 Å². The van der Waals surface area contributed by atoms with E-state index in [9.17, 15) is 27.2 Å². The molecule has 0 fully saturated rings. The fourth-order valence-corrected chi connectivity index (χ4v) is 4.85. The molecule has 3 N–H and O–H groups in total. The summed E-state index contributed by atoms with van der Waals surface area (Å²) in [5.74, 6) is -0.761. The first-order valence-corrected chi connectivity index (χ1v) is 14.5. The molecule has 12 heteroatoms. The normalized spacial score (nSPS) is 12.7. The summed E-state index contributed by atoms with van der Waals surface area (Å²) in [5, 5.41) is 8.38. The average molecular weight is 706 g/mol. The molecule has 0 spiro atoms. The molecule has 0 bridgehead atoms. The van der Waals surface area contributed by atoms with Crippen LogP contribution in [0.3, 0.4) is 0 Å². The Morgan fingerprint density at radius 2 is 1.56 bits per heavy atom. The van der Waals surface area contributed by atoms with Crippen LogP contribution in [-0.2, 0) is 21.2 Å². The Kier molecular flexibility index (Phi) is 10.2. The lowest BCUT2D eigenvalue weighted by Gasteiger charge is -2.36. The first-order valence-electron chi connectivity index (χ1n) is 13.0. The highest BCUT2D eigenvalue weighted by Crippen LogP contribution is 2.36. The van der Waals surface area contributed by atoms with Gasteiger partial charge in [0.05, 0.1) is 5.69 Å². The third-order valence-corrected chi connectivity index (χ3v) is 7.23. The van der Waals surface area contributed by atoms with Gasteiger partial charge in [0.2, 0.25) is 5.91 Å². The van der Waals surface area contributed by atoms with E-state index in [0.717, 1.165) is 17.2 Å². The molecular weight excluding hydrogens is 679 g/mol. The first-order chi connectivity index (χ1) is 20.5. The Labute approximate surface area is 259 Å². The number of anilines is 2. The lowest BCUT2D eigenvalue weighted by Crippen LogP contribution is -2.50. The molecule has 43 heavy (non-hydrogen) atoms. The fourth-order valence-electron chi connectivity index (χ4n) is 4.40. The van der Waals surface area contributed by atoms with Crippen molar-refractivity contribution in [3.63, 3.8) is 0 Å². The number of nitrogens with one attached hydrogen (secondary N) is 3. The number of amides is 3. The smallest absolute Gasteiger partial charge is 0.428 e. The van der Waals surface area contributed by atoms with E-state index in [0.29, 0.717) is 21.5 Å². The molecule has 0 aliphatic carbocycles. The third-order valence-electron chi connectivity index (χ3n) is 6.35. The van der Waals surface area contributed by atoms with Gasteiger partial charge in [0.1, 0.15) is 11.3 Å². The van der Waals surface area contributed by atoms with E-state index in [2.05, 4.69) is 48.3 Å². The van der Waals surface area contributed by atoms with Gasteiger partial charge >= 0.3 is 18.6 Å². The summed E-state index contributed by atoms with van der Waals surface area (Å²) in [6, 6.07) is 23.7. The number of hydrogen-bond acceptors (Lipinski definition) is 4. The number of aromatic nitrogens is 1. The van der Waals surface area contributed by atoms with Crippen molar-refractivity contribution in [3.05, 3.63) is 120 Å². The maximum Gasteiger partial charge on any atom is 0.461 e. The van der Waals surface area contributed by atoms with Crippen LogP contribution in [0.15, 0.2) is 97.2 Å². The van der Waals surface area contributed by atoms with Gasteiger partial charge in [-0.1, -0.05) is 71.1 Å². The van der Waals surface area contributed by atoms with Crippen LogP contribution in [0.25, 0.3) is 0 Å². The second-order valence-electron chi connectivity index (χ2n) is 9.58. The molecule has 0 saturated carbocycles. The van der Waals surface area contributed by atoms with Gasteiger partial charge < -0.3 is 20.7 Å². The molecular formula is C31H27F4IN4O3. The highest BCUT2D eigenvalue weighted by molar-refractivity contribution is 14.1. The van der Waals surface area contributed by atoms with Crippen molar-refractivity contribution in [2.45, 2.75) is 35.8 Å². The van der Waals surface area contributed by atoms with E-state index in [-0.39, 0.29) is 17.9 Å². The van der Waals surface area contributed by atoms with Gasteiger partial charge in [-0.2, -0.15) is 17.6 Å². The average Bonchev–Trinajstić information content (AvgIpc) is 2.98. The highest BCUT2D eigenvalue weighted by atomic mass is 127. The van der Waals surface area contributed by atoms with E-state index in [4.69, 9.17) is 0 Å². The molecule has 0 unspecified atom stereocenters. The van der Waals surface area contributed by atoms with Crippen molar-refractivity contribution in [1.29, 1.82) is 0 Å². The molecule has 0 saturated heterocycles. The summed E-state index contributed by atoms with van der Waals surface area (Å²) in [7, 11) is 0. The molecule has 7 nitrogen and oxygen atoms in total. The molecule has 4 rings (SSSR count). The number of halogens is 5. The summed E-state index contributed by atoms with van der Waals surface area (Å²) in [5.41, 5.74) is 1.80. The Balaban J connectivity index is 1.80. The van der Waals surface area contributed by atoms with Crippen LogP contribution in [0, 0.1) is 0 Å². The van der Waals surface area contributed by atoms with Crippen LogP contribution in [0.2, 0.25) is 0 Å². The third kappa shape index (κ3) is 8.21. The monoisotopic (exact) mass is 706 g/mol. The quantitative estimate of drug-likeness (QED) is 0.0856. The molecule has 0 aliphatic rings. The maximum absolute atomic E-state index is 13.9. The minimum absolute atomic E-state index is 0.119. The molecule has 4 aromatic rings. The summed E-state index contributed by atoms with van der Waals surface area (Å²) in [6.07, 6.45) is -7.01. The Morgan fingerprint density at radius 3 is 2.14 bits per heavy atom. The zero-order chi connectivity index (χ0) is 31.0. The number of nitrogens with zero attached hydrogens (tertiary/aromatic N) is 1.